The number of nitrogens with one attached hydrogen (secondary N) is 1. The maximum Gasteiger partial charge on any atom is 0.410 e. The first-order valence-electron chi connectivity index (χ1n) is 6.81. The van der Waals surface area contributed by atoms with Gasteiger partial charge in [-0.05, 0) is 40.3 Å². The number of carbonyl (C=O) groups excluding carboxylic acids is 1. The Hall–Kier alpha value is -0.850. The minimum absolute atomic E-state index is 0.00490. The number of rotatable bonds is 5. The molecule has 1 amide bonds. The molecule has 0 saturated carbocycles. The molecule has 3 N–H and O–H groups in total. The molecule has 0 radical (unpaired) electrons. The molecule has 0 bridgehead atoms. The van der Waals surface area contributed by atoms with Crippen molar-refractivity contribution in [3.63, 3.8) is 0 Å². The van der Waals surface area contributed by atoms with Crippen molar-refractivity contribution < 1.29 is 14.3 Å². The number of nitrogens with two attached hydrogens (primary N) is 1. The van der Waals surface area contributed by atoms with Crippen LogP contribution in [0.2, 0.25) is 0 Å². The third-order valence-corrected chi connectivity index (χ3v) is 3.01. The maximum atomic E-state index is 12.0. The van der Waals surface area contributed by atoms with Crippen molar-refractivity contribution in [2.24, 2.45) is 5.73 Å². The summed E-state index contributed by atoms with van der Waals surface area (Å²) >= 11 is 0. The molecule has 1 fully saturated rings. The van der Waals surface area contributed by atoms with Crippen LogP contribution >= 0.6 is 0 Å². The predicted molar refractivity (Wildman–Crippen MR) is 74.1 cm³/mol. The molecular weight excluding hydrogens is 246 g/mol. The highest BCUT2D eigenvalue weighted by Crippen LogP contribution is 2.17. The summed E-state index contributed by atoms with van der Waals surface area (Å²) in [5.41, 5.74) is 5.00. The second kappa shape index (κ2) is 7.07. The normalized spacial score (nSPS) is 23.7. The van der Waals surface area contributed by atoms with Crippen molar-refractivity contribution >= 4 is 6.09 Å². The Kier molecular flexibility index (Phi) is 6.03. The number of hydrogen-bond donors (Lipinski definition) is 2. The second-order valence-electron chi connectivity index (χ2n) is 5.86. The smallest absolute Gasteiger partial charge is 0.410 e. The van der Waals surface area contributed by atoms with E-state index in [4.69, 9.17) is 15.2 Å². The fourth-order valence-corrected chi connectivity index (χ4v) is 2.07. The third kappa shape index (κ3) is 5.34. The third-order valence-electron chi connectivity index (χ3n) is 3.01. The van der Waals surface area contributed by atoms with Crippen molar-refractivity contribution in [1.29, 1.82) is 0 Å². The van der Waals surface area contributed by atoms with Crippen LogP contribution in [-0.2, 0) is 9.47 Å². The molecule has 6 nitrogen and oxygen atoms in total. The predicted octanol–water partition coefficient (Wildman–Crippen LogP) is 0.559. The van der Waals surface area contributed by atoms with Crippen LogP contribution in [0.4, 0.5) is 4.79 Å². The van der Waals surface area contributed by atoms with Gasteiger partial charge >= 0.3 is 6.09 Å². The van der Waals surface area contributed by atoms with Crippen LogP contribution < -0.4 is 11.1 Å². The Labute approximate surface area is 115 Å². The van der Waals surface area contributed by atoms with Gasteiger partial charge in [0.2, 0.25) is 0 Å². The monoisotopic (exact) mass is 273 g/mol. The summed E-state index contributed by atoms with van der Waals surface area (Å²) in [4.78, 5) is 13.7. The lowest BCUT2D eigenvalue weighted by atomic mass is 10.2. The number of likely N-dealkylation sites (tertiary alicyclic amines) is 1. The minimum atomic E-state index is -0.468. The van der Waals surface area contributed by atoms with E-state index in [1.807, 2.05) is 20.8 Å². The summed E-state index contributed by atoms with van der Waals surface area (Å²) in [6.07, 6.45) is 0.641. The van der Waals surface area contributed by atoms with Gasteiger partial charge in [-0.3, -0.25) is 0 Å². The quantitative estimate of drug-likeness (QED) is 0.716. The van der Waals surface area contributed by atoms with Gasteiger partial charge in [-0.25, -0.2) is 4.79 Å². The summed E-state index contributed by atoms with van der Waals surface area (Å²) in [7, 11) is 1.67. The number of hydrogen-bond acceptors (Lipinski definition) is 5. The molecule has 1 unspecified atom stereocenters. The van der Waals surface area contributed by atoms with E-state index in [2.05, 4.69) is 5.32 Å². The summed E-state index contributed by atoms with van der Waals surface area (Å²) in [6, 6.07) is 0.143. The van der Waals surface area contributed by atoms with Gasteiger partial charge in [-0.2, -0.15) is 0 Å². The molecule has 0 aromatic heterocycles. The van der Waals surface area contributed by atoms with E-state index in [1.54, 1.807) is 12.0 Å². The zero-order valence-corrected chi connectivity index (χ0v) is 12.4. The standard InChI is InChI=1S/C13H27N3O3/c1-13(2,3)19-12(17)16-8-10(11(9-16)18-4)15-7-5-6-14/h10-11,15H,5-9,14H2,1-4H3/t10?,11-/m0/s1. The summed E-state index contributed by atoms with van der Waals surface area (Å²) in [5, 5.41) is 3.38. The number of ether oxygens (including phenoxy) is 2. The Balaban J connectivity index is 2.48. The fourth-order valence-electron chi connectivity index (χ4n) is 2.07. The van der Waals surface area contributed by atoms with E-state index in [9.17, 15) is 4.79 Å². The molecular formula is C13H27N3O3. The summed E-state index contributed by atoms with van der Waals surface area (Å²) in [5.74, 6) is 0. The number of amides is 1. The van der Waals surface area contributed by atoms with Gasteiger partial charge < -0.3 is 25.4 Å². The highest BCUT2D eigenvalue weighted by Gasteiger charge is 2.36. The van der Waals surface area contributed by atoms with E-state index in [1.165, 1.54) is 0 Å². The molecule has 6 heteroatoms. The topological polar surface area (TPSA) is 76.8 Å². The first kappa shape index (κ1) is 16.2. The van der Waals surface area contributed by atoms with Gasteiger partial charge in [0.1, 0.15) is 5.60 Å². The van der Waals surface area contributed by atoms with Gasteiger partial charge in [0.15, 0.2) is 0 Å². The van der Waals surface area contributed by atoms with Crippen LogP contribution in [0.3, 0.4) is 0 Å². The van der Waals surface area contributed by atoms with E-state index >= 15 is 0 Å². The van der Waals surface area contributed by atoms with Gasteiger partial charge in [-0.1, -0.05) is 0 Å². The molecule has 1 aliphatic rings. The zero-order valence-electron chi connectivity index (χ0n) is 12.4. The maximum absolute atomic E-state index is 12.0. The van der Waals surface area contributed by atoms with Gasteiger partial charge in [-0.15, -0.1) is 0 Å². The van der Waals surface area contributed by atoms with Gasteiger partial charge in [0, 0.05) is 13.7 Å². The lowest BCUT2D eigenvalue weighted by molar-refractivity contribution is 0.0252. The fraction of sp³-hybridized carbons (Fsp3) is 0.923. The van der Waals surface area contributed by atoms with Crippen molar-refractivity contribution in [2.75, 3.05) is 33.3 Å². The molecule has 2 atom stereocenters. The van der Waals surface area contributed by atoms with Crippen LogP contribution in [0.1, 0.15) is 27.2 Å². The molecule has 1 saturated heterocycles. The van der Waals surface area contributed by atoms with Crippen molar-refractivity contribution in [3.05, 3.63) is 0 Å². The van der Waals surface area contributed by atoms with Crippen LogP contribution in [0, 0.1) is 0 Å². The van der Waals surface area contributed by atoms with Gasteiger partial charge in [0.25, 0.3) is 0 Å². The second-order valence-corrected chi connectivity index (χ2v) is 5.86. The average molecular weight is 273 g/mol. The summed E-state index contributed by atoms with van der Waals surface area (Å²) < 4.78 is 10.8. The number of carbonyl (C=O) groups is 1. The Morgan fingerprint density at radius 2 is 2.11 bits per heavy atom. The van der Waals surface area contributed by atoms with Crippen molar-refractivity contribution in [2.45, 2.75) is 44.9 Å². The number of nitrogens with zero attached hydrogens (tertiary/aromatic N) is 1. The van der Waals surface area contributed by atoms with Crippen LogP contribution in [0.5, 0.6) is 0 Å². The summed E-state index contributed by atoms with van der Waals surface area (Å²) in [6.45, 7) is 8.27. The first-order chi connectivity index (χ1) is 8.87. The minimum Gasteiger partial charge on any atom is -0.444 e. The van der Waals surface area contributed by atoms with E-state index in [0.717, 1.165) is 13.0 Å². The molecule has 1 rings (SSSR count). The lowest BCUT2D eigenvalue weighted by Gasteiger charge is -2.24. The van der Waals surface area contributed by atoms with Crippen molar-refractivity contribution in [1.82, 2.24) is 10.2 Å². The van der Waals surface area contributed by atoms with Crippen molar-refractivity contribution in [3.8, 4) is 0 Å². The Morgan fingerprint density at radius 3 is 2.63 bits per heavy atom. The number of methoxy groups -OCH3 is 1. The highest BCUT2D eigenvalue weighted by atomic mass is 16.6. The SMILES string of the molecule is CO[C@H]1CN(C(=O)OC(C)(C)C)CC1NCCCN. The van der Waals surface area contributed by atoms with E-state index in [-0.39, 0.29) is 18.2 Å². The molecule has 1 aliphatic heterocycles. The Morgan fingerprint density at radius 1 is 1.42 bits per heavy atom. The van der Waals surface area contributed by atoms with Gasteiger partial charge in [0.05, 0.1) is 18.7 Å². The molecule has 112 valence electrons. The highest BCUT2D eigenvalue weighted by molar-refractivity contribution is 5.68. The van der Waals surface area contributed by atoms with Crippen LogP contribution in [0.15, 0.2) is 0 Å². The molecule has 19 heavy (non-hydrogen) atoms. The largest absolute Gasteiger partial charge is 0.444 e. The molecule has 0 aromatic rings. The molecule has 0 aromatic carbocycles. The molecule has 0 aliphatic carbocycles. The lowest BCUT2D eigenvalue weighted by Crippen LogP contribution is -2.41. The van der Waals surface area contributed by atoms with Crippen LogP contribution in [0.25, 0.3) is 0 Å². The zero-order chi connectivity index (χ0) is 14.5. The van der Waals surface area contributed by atoms with E-state index in [0.29, 0.717) is 19.6 Å². The molecule has 1 heterocycles. The average Bonchev–Trinajstić information content (AvgIpc) is 2.70. The van der Waals surface area contributed by atoms with E-state index < -0.39 is 5.60 Å². The first-order valence-corrected chi connectivity index (χ1v) is 6.81. The molecule has 0 spiro atoms. The Bertz CT molecular complexity index is 291. The van der Waals surface area contributed by atoms with Crippen LogP contribution in [-0.4, -0.2) is 62.0 Å².